The minimum atomic E-state index is -0.502. The van der Waals surface area contributed by atoms with Crippen molar-refractivity contribution in [2.24, 2.45) is 11.8 Å². The Morgan fingerprint density at radius 2 is 2.17 bits per heavy atom. The first-order valence-corrected chi connectivity index (χ1v) is 4.92. The average Bonchev–Trinajstić information content (AvgIpc) is 1.91. The van der Waals surface area contributed by atoms with Crippen molar-refractivity contribution >= 4 is 0 Å². The molecule has 1 rings (SSSR count). The van der Waals surface area contributed by atoms with Gasteiger partial charge in [0, 0.05) is 0 Å². The van der Waals surface area contributed by atoms with Crippen LogP contribution in [0.15, 0.2) is 0 Å². The van der Waals surface area contributed by atoms with Crippen LogP contribution < -0.4 is 5.32 Å². The van der Waals surface area contributed by atoms with E-state index < -0.39 is 5.60 Å². The van der Waals surface area contributed by atoms with E-state index in [1.807, 2.05) is 13.8 Å². The second kappa shape index (κ2) is 3.75. The van der Waals surface area contributed by atoms with Gasteiger partial charge in [0.1, 0.15) is 0 Å². The van der Waals surface area contributed by atoms with Crippen molar-refractivity contribution in [3.63, 3.8) is 0 Å². The van der Waals surface area contributed by atoms with Gasteiger partial charge in [0.05, 0.1) is 5.60 Å². The molecule has 72 valence electrons. The molecule has 1 fully saturated rings. The molecule has 12 heavy (non-hydrogen) atoms. The zero-order chi connectivity index (χ0) is 9.19. The molecule has 0 radical (unpaired) electrons. The maximum absolute atomic E-state index is 9.66. The lowest BCUT2D eigenvalue weighted by Gasteiger charge is -2.33. The van der Waals surface area contributed by atoms with E-state index >= 15 is 0 Å². The van der Waals surface area contributed by atoms with Crippen LogP contribution in [0.1, 0.15) is 33.6 Å². The molecule has 0 aromatic rings. The fraction of sp³-hybridized carbons (Fsp3) is 1.00. The summed E-state index contributed by atoms with van der Waals surface area (Å²) >= 11 is 0. The molecule has 2 N–H and O–H groups in total. The lowest BCUT2D eigenvalue weighted by Crippen LogP contribution is -2.39. The Bertz CT molecular complexity index is 139. The highest BCUT2D eigenvalue weighted by molar-refractivity contribution is 4.80. The summed E-state index contributed by atoms with van der Waals surface area (Å²) in [6.45, 7) is 8.30. The molecule has 2 heteroatoms. The Morgan fingerprint density at radius 3 is 2.67 bits per heavy atom. The number of hydrogen-bond donors (Lipinski definition) is 2. The van der Waals surface area contributed by atoms with Gasteiger partial charge in [0.15, 0.2) is 0 Å². The van der Waals surface area contributed by atoms with Crippen LogP contribution in [0.25, 0.3) is 0 Å². The molecule has 0 aliphatic carbocycles. The predicted molar refractivity (Wildman–Crippen MR) is 51.1 cm³/mol. The monoisotopic (exact) mass is 171 g/mol. The number of aliphatic hydroxyl groups is 1. The van der Waals surface area contributed by atoms with Crippen molar-refractivity contribution in [3.05, 3.63) is 0 Å². The van der Waals surface area contributed by atoms with E-state index in [9.17, 15) is 5.11 Å². The van der Waals surface area contributed by atoms with Crippen LogP contribution in [0.4, 0.5) is 0 Å². The Hall–Kier alpha value is -0.0800. The van der Waals surface area contributed by atoms with Gasteiger partial charge in [-0.2, -0.15) is 0 Å². The molecule has 1 aliphatic rings. The van der Waals surface area contributed by atoms with E-state index in [0.717, 1.165) is 25.4 Å². The topological polar surface area (TPSA) is 32.3 Å². The van der Waals surface area contributed by atoms with Crippen LogP contribution in [0.3, 0.4) is 0 Å². The smallest absolute Gasteiger partial charge is 0.0595 e. The second-order valence-electron chi connectivity index (χ2n) is 4.75. The van der Waals surface area contributed by atoms with Crippen molar-refractivity contribution in [3.8, 4) is 0 Å². The molecule has 0 aromatic heterocycles. The summed E-state index contributed by atoms with van der Waals surface area (Å²) in [5, 5.41) is 13.0. The first kappa shape index (κ1) is 10.0. The SMILES string of the molecule is CC1CCNCC1CC(C)(C)O. The average molecular weight is 171 g/mol. The fourth-order valence-electron chi connectivity index (χ4n) is 1.97. The molecule has 0 bridgehead atoms. The molecule has 1 heterocycles. The molecule has 2 atom stereocenters. The summed E-state index contributed by atoms with van der Waals surface area (Å²) in [5.74, 6) is 1.41. The predicted octanol–water partition coefficient (Wildman–Crippen LogP) is 1.39. The molecule has 1 aliphatic heterocycles. The van der Waals surface area contributed by atoms with Crippen LogP contribution >= 0.6 is 0 Å². The van der Waals surface area contributed by atoms with Gasteiger partial charge in [-0.3, -0.25) is 0 Å². The highest BCUT2D eigenvalue weighted by Crippen LogP contribution is 2.26. The van der Waals surface area contributed by atoms with Gasteiger partial charge < -0.3 is 10.4 Å². The van der Waals surface area contributed by atoms with Gasteiger partial charge in [-0.1, -0.05) is 6.92 Å². The molecule has 0 spiro atoms. The quantitative estimate of drug-likeness (QED) is 0.658. The van der Waals surface area contributed by atoms with Crippen molar-refractivity contribution in [2.45, 2.75) is 39.2 Å². The first-order valence-electron chi connectivity index (χ1n) is 4.92. The molecule has 2 unspecified atom stereocenters. The molecule has 1 saturated heterocycles. The van der Waals surface area contributed by atoms with E-state index in [1.54, 1.807) is 0 Å². The zero-order valence-electron chi connectivity index (χ0n) is 8.43. The summed E-state index contributed by atoms with van der Waals surface area (Å²) in [5.41, 5.74) is -0.502. The van der Waals surface area contributed by atoms with E-state index in [0.29, 0.717) is 5.92 Å². The van der Waals surface area contributed by atoms with E-state index in [-0.39, 0.29) is 0 Å². The molecule has 0 amide bonds. The Labute approximate surface area is 75.4 Å². The standard InChI is InChI=1S/C10H21NO/c1-8-4-5-11-7-9(8)6-10(2,3)12/h8-9,11-12H,4-7H2,1-3H3. The Morgan fingerprint density at radius 1 is 1.50 bits per heavy atom. The molecule has 0 saturated carbocycles. The number of piperidine rings is 1. The molecule has 2 nitrogen and oxygen atoms in total. The third kappa shape index (κ3) is 3.11. The summed E-state index contributed by atoms with van der Waals surface area (Å²) < 4.78 is 0. The Balaban J connectivity index is 2.39. The second-order valence-corrected chi connectivity index (χ2v) is 4.75. The summed E-state index contributed by atoms with van der Waals surface area (Å²) in [6, 6.07) is 0. The van der Waals surface area contributed by atoms with Gasteiger partial charge in [-0.25, -0.2) is 0 Å². The lowest BCUT2D eigenvalue weighted by atomic mass is 9.81. The van der Waals surface area contributed by atoms with Crippen molar-refractivity contribution in [1.82, 2.24) is 5.32 Å². The van der Waals surface area contributed by atoms with Crippen molar-refractivity contribution in [1.29, 1.82) is 0 Å². The lowest BCUT2D eigenvalue weighted by molar-refractivity contribution is 0.0375. The van der Waals surface area contributed by atoms with Crippen LogP contribution in [0.2, 0.25) is 0 Å². The van der Waals surface area contributed by atoms with E-state index in [1.165, 1.54) is 6.42 Å². The van der Waals surface area contributed by atoms with Crippen LogP contribution in [-0.2, 0) is 0 Å². The minimum absolute atomic E-state index is 0.502. The maximum atomic E-state index is 9.66. The number of rotatable bonds is 2. The van der Waals surface area contributed by atoms with E-state index in [4.69, 9.17) is 0 Å². The van der Waals surface area contributed by atoms with Gasteiger partial charge in [-0.15, -0.1) is 0 Å². The third-order valence-corrected chi connectivity index (χ3v) is 2.75. The van der Waals surface area contributed by atoms with Crippen LogP contribution in [0.5, 0.6) is 0 Å². The molecule has 0 aromatic carbocycles. The Kier molecular flexibility index (Phi) is 3.13. The molecular formula is C10H21NO. The number of hydrogen-bond acceptors (Lipinski definition) is 2. The van der Waals surface area contributed by atoms with Crippen LogP contribution in [-0.4, -0.2) is 23.8 Å². The van der Waals surface area contributed by atoms with Gasteiger partial charge in [0.2, 0.25) is 0 Å². The van der Waals surface area contributed by atoms with E-state index in [2.05, 4.69) is 12.2 Å². The zero-order valence-corrected chi connectivity index (χ0v) is 8.43. The van der Waals surface area contributed by atoms with Crippen LogP contribution in [0, 0.1) is 11.8 Å². The maximum Gasteiger partial charge on any atom is 0.0595 e. The summed E-state index contributed by atoms with van der Waals surface area (Å²) in [6.07, 6.45) is 2.17. The highest BCUT2D eigenvalue weighted by atomic mass is 16.3. The summed E-state index contributed by atoms with van der Waals surface area (Å²) in [7, 11) is 0. The molecular weight excluding hydrogens is 150 g/mol. The van der Waals surface area contributed by atoms with Gasteiger partial charge in [-0.05, 0) is 51.6 Å². The summed E-state index contributed by atoms with van der Waals surface area (Å²) in [4.78, 5) is 0. The fourth-order valence-corrected chi connectivity index (χ4v) is 1.97. The minimum Gasteiger partial charge on any atom is -0.390 e. The third-order valence-electron chi connectivity index (χ3n) is 2.75. The first-order chi connectivity index (χ1) is 5.49. The van der Waals surface area contributed by atoms with Gasteiger partial charge in [0.25, 0.3) is 0 Å². The highest BCUT2D eigenvalue weighted by Gasteiger charge is 2.26. The normalized spacial score (nSPS) is 32.0. The van der Waals surface area contributed by atoms with Crippen molar-refractivity contribution < 1.29 is 5.11 Å². The van der Waals surface area contributed by atoms with Crippen molar-refractivity contribution in [2.75, 3.05) is 13.1 Å². The largest absolute Gasteiger partial charge is 0.390 e. The van der Waals surface area contributed by atoms with Gasteiger partial charge >= 0.3 is 0 Å². The number of nitrogens with one attached hydrogen (secondary N) is 1.